The van der Waals surface area contributed by atoms with Crippen molar-refractivity contribution in [3.05, 3.63) is 35.2 Å². The first kappa shape index (κ1) is 14.2. The molecule has 4 rings (SSSR count). The molecule has 1 atom stereocenters. The Balaban J connectivity index is 1.68. The third-order valence-electron chi connectivity index (χ3n) is 4.60. The van der Waals surface area contributed by atoms with Crippen molar-refractivity contribution in [2.24, 2.45) is 11.1 Å². The highest BCUT2D eigenvalue weighted by atomic mass is 32.1. The molecule has 0 aliphatic carbocycles. The maximum absolute atomic E-state index is 12.8. The molecule has 1 saturated heterocycles. The number of carbonyl (C=O) groups excluding carboxylic acids is 1. The van der Waals surface area contributed by atoms with E-state index in [0.717, 1.165) is 24.4 Å². The molecule has 114 valence electrons. The van der Waals surface area contributed by atoms with Crippen LogP contribution in [0.5, 0.6) is 0 Å². The smallest absolute Gasteiger partial charge is 0.264 e. The average Bonchev–Trinajstić information content (AvgIpc) is 3.19. The Labute approximate surface area is 137 Å². The third-order valence-corrected chi connectivity index (χ3v) is 7.00. The maximum atomic E-state index is 12.8. The van der Waals surface area contributed by atoms with E-state index in [9.17, 15) is 4.79 Å². The summed E-state index contributed by atoms with van der Waals surface area (Å²) in [5.74, 6) is 0.162. The van der Waals surface area contributed by atoms with Crippen LogP contribution in [0.4, 0.5) is 0 Å². The quantitative estimate of drug-likeness (QED) is 0.774. The Morgan fingerprint density at radius 2 is 2.14 bits per heavy atom. The van der Waals surface area contributed by atoms with Crippen molar-refractivity contribution in [3.8, 4) is 0 Å². The highest BCUT2D eigenvalue weighted by Gasteiger charge is 2.35. The standard InChI is InChI=1S/C17H18N2OS2/c1-17(9-18)6-7-19(10-17)16(20)14-8-13-15(22-14)11-4-2-3-5-12(11)21-13/h2-5,8H,6-7,9-10,18H2,1H3. The van der Waals surface area contributed by atoms with Crippen LogP contribution in [-0.4, -0.2) is 30.4 Å². The van der Waals surface area contributed by atoms with Gasteiger partial charge in [0, 0.05) is 27.9 Å². The second-order valence-corrected chi connectivity index (χ2v) is 8.53. The Morgan fingerprint density at radius 1 is 1.32 bits per heavy atom. The van der Waals surface area contributed by atoms with E-state index in [-0.39, 0.29) is 11.3 Å². The number of rotatable bonds is 2. The fourth-order valence-corrected chi connectivity index (χ4v) is 5.62. The molecule has 1 aromatic carbocycles. The van der Waals surface area contributed by atoms with Crippen LogP contribution in [-0.2, 0) is 0 Å². The molecule has 1 unspecified atom stereocenters. The first-order chi connectivity index (χ1) is 10.6. The molecule has 0 saturated carbocycles. The van der Waals surface area contributed by atoms with Gasteiger partial charge in [-0.1, -0.05) is 25.1 Å². The molecular weight excluding hydrogens is 312 g/mol. The van der Waals surface area contributed by atoms with Gasteiger partial charge in [0.05, 0.1) is 9.58 Å². The van der Waals surface area contributed by atoms with Gasteiger partial charge in [-0.25, -0.2) is 0 Å². The van der Waals surface area contributed by atoms with Crippen LogP contribution >= 0.6 is 22.7 Å². The Bertz CT molecular complexity index is 866. The molecule has 1 fully saturated rings. The number of nitrogens with two attached hydrogens (primary N) is 1. The van der Waals surface area contributed by atoms with Gasteiger partial charge < -0.3 is 10.6 Å². The van der Waals surface area contributed by atoms with Gasteiger partial charge in [0.2, 0.25) is 0 Å². The van der Waals surface area contributed by atoms with Crippen molar-refractivity contribution < 1.29 is 4.79 Å². The second-order valence-electron chi connectivity index (χ2n) is 6.39. The summed E-state index contributed by atoms with van der Waals surface area (Å²) >= 11 is 3.39. The second kappa shape index (κ2) is 5.05. The van der Waals surface area contributed by atoms with Gasteiger partial charge in [-0.2, -0.15) is 0 Å². The normalized spacial score (nSPS) is 22.0. The molecule has 22 heavy (non-hydrogen) atoms. The van der Waals surface area contributed by atoms with Crippen molar-refractivity contribution in [3.63, 3.8) is 0 Å². The van der Waals surface area contributed by atoms with Crippen LogP contribution < -0.4 is 5.73 Å². The fourth-order valence-electron chi connectivity index (χ4n) is 3.12. The van der Waals surface area contributed by atoms with Gasteiger partial charge in [-0.05, 0) is 30.5 Å². The number of fused-ring (bicyclic) bond motifs is 3. The lowest BCUT2D eigenvalue weighted by Crippen LogP contribution is -2.34. The average molecular weight is 330 g/mol. The summed E-state index contributed by atoms with van der Waals surface area (Å²) in [6.07, 6.45) is 0.998. The van der Waals surface area contributed by atoms with Crippen LogP contribution in [0.25, 0.3) is 19.5 Å². The molecule has 1 amide bonds. The predicted molar refractivity (Wildman–Crippen MR) is 94.9 cm³/mol. The molecule has 1 aliphatic heterocycles. The van der Waals surface area contributed by atoms with Gasteiger partial charge in [-0.15, -0.1) is 22.7 Å². The lowest BCUT2D eigenvalue weighted by Gasteiger charge is -2.22. The maximum Gasteiger partial charge on any atom is 0.264 e. The molecule has 0 bridgehead atoms. The minimum atomic E-state index is 0.0804. The van der Waals surface area contributed by atoms with Gasteiger partial charge in [0.1, 0.15) is 0 Å². The van der Waals surface area contributed by atoms with E-state index in [2.05, 4.69) is 37.3 Å². The molecule has 3 aromatic rings. The van der Waals surface area contributed by atoms with E-state index in [4.69, 9.17) is 5.73 Å². The Morgan fingerprint density at radius 3 is 2.91 bits per heavy atom. The first-order valence-electron chi connectivity index (χ1n) is 7.50. The molecule has 0 radical (unpaired) electrons. The molecule has 2 aromatic heterocycles. The summed E-state index contributed by atoms with van der Waals surface area (Å²) in [5.41, 5.74) is 5.92. The summed E-state index contributed by atoms with van der Waals surface area (Å²) in [6, 6.07) is 10.5. The van der Waals surface area contributed by atoms with E-state index in [1.807, 2.05) is 4.90 Å². The van der Waals surface area contributed by atoms with Crippen LogP contribution in [0.15, 0.2) is 30.3 Å². The number of hydrogen-bond donors (Lipinski definition) is 1. The van der Waals surface area contributed by atoms with Crippen LogP contribution in [0.1, 0.15) is 23.0 Å². The zero-order valence-electron chi connectivity index (χ0n) is 12.5. The van der Waals surface area contributed by atoms with Gasteiger partial charge in [0.15, 0.2) is 0 Å². The van der Waals surface area contributed by atoms with Crippen LogP contribution in [0.2, 0.25) is 0 Å². The summed E-state index contributed by atoms with van der Waals surface area (Å²) in [7, 11) is 0. The number of benzene rings is 1. The molecule has 1 aliphatic rings. The molecule has 5 heteroatoms. The number of thiophene rings is 2. The number of carbonyl (C=O) groups is 1. The van der Waals surface area contributed by atoms with Gasteiger partial charge in [0.25, 0.3) is 5.91 Å². The highest BCUT2D eigenvalue weighted by molar-refractivity contribution is 7.33. The Kier molecular flexibility index (Phi) is 3.25. The van der Waals surface area contributed by atoms with Crippen LogP contribution in [0, 0.1) is 5.41 Å². The molecular formula is C17H18N2OS2. The van der Waals surface area contributed by atoms with Crippen LogP contribution in [0.3, 0.4) is 0 Å². The molecule has 2 N–H and O–H groups in total. The van der Waals surface area contributed by atoms with Crippen molar-refractivity contribution in [1.82, 2.24) is 4.90 Å². The van der Waals surface area contributed by atoms with Crippen molar-refractivity contribution in [1.29, 1.82) is 0 Å². The SMILES string of the molecule is CC1(CN)CCN(C(=O)c2cc3sc4ccccc4c3s2)C1. The Hall–Kier alpha value is -1.43. The molecule has 3 nitrogen and oxygen atoms in total. The lowest BCUT2D eigenvalue weighted by atomic mass is 9.90. The van der Waals surface area contributed by atoms with E-state index < -0.39 is 0 Å². The summed E-state index contributed by atoms with van der Waals surface area (Å²) in [5, 5.41) is 1.26. The molecule has 0 spiro atoms. The highest BCUT2D eigenvalue weighted by Crippen LogP contribution is 2.40. The largest absolute Gasteiger partial charge is 0.337 e. The number of amides is 1. The molecule has 3 heterocycles. The number of hydrogen-bond acceptors (Lipinski definition) is 4. The predicted octanol–water partition coefficient (Wildman–Crippen LogP) is 3.93. The number of likely N-dealkylation sites (tertiary alicyclic amines) is 1. The number of nitrogens with zero attached hydrogens (tertiary/aromatic N) is 1. The van der Waals surface area contributed by atoms with E-state index in [1.54, 1.807) is 22.7 Å². The van der Waals surface area contributed by atoms with Gasteiger partial charge >= 0.3 is 0 Å². The van der Waals surface area contributed by atoms with Crippen molar-refractivity contribution >= 4 is 48.1 Å². The third kappa shape index (κ3) is 2.16. The van der Waals surface area contributed by atoms with Gasteiger partial charge in [-0.3, -0.25) is 4.79 Å². The summed E-state index contributed by atoms with van der Waals surface area (Å²) in [6.45, 7) is 4.40. The minimum absolute atomic E-state index is 0.0804. The topological polar surface area (TPSA) is 46.3 Å². The first-order valence-corrected chi connectivity index (χ1v) is 9.13. The van der Waals surface area contributed by atoms with E-state index in [0.29, 0.717) is 6.54 Å². The van der Waals surface area contributed by atoms with Crippen molar-refractivity contribution in [2.75, 3.05) is 19.6 Å². The zero-order valence-corrected chi connectivity index (χ0v) is 14.1. The zero-order chi connectivity index (χ0) is 15.3. The van der Waals surface area contributed by atoms with E-state index >= 15 is 0 Å². The van der Waals surface area contributed by atoms with Crippen molar-refractivity contribution in [2.45, 2.75) is 13.3 Å². The summed E-state index contributed by atoms with van der Waals surface area (Å²) in [4.78, 5) is 15.6. The monoisotopic (exact) mass is 330 g/mol. The lowest BCUT2D eigenvalue weighted by molar-refractivity contribution is 0.0782. The fraction of sp³-hybridized carbons (Fsp3) is 0.353. The minimum Gasteiger partial charge on any atom is -0.337 e. The summed E-state index contributed by atoms with van der Waals surface area (Å²) < 4.78 is 3.75. The van der Waals surface area contributed by atoms with E-state index in [1.165, 1.54) is 19.5 Å².